The van der Waals surface area contributed by atoms with Crippen molar-refractivity contribution in [1.82, 2.24) is 24.9 Å². The van der Waals surface area contributed by atoms with Crippen LogP contribution in [0.25, 0.3) is 0 Å². The molecule has 5 heterocycles. The summed E-state index contributed by atoms with van der Waals surface area (Å²) in [4.78, 5) is 39.6. The standard InChI is InChI=1S/C22H23F2N9O/c1-14-11-31(22-28-7-16(23)8-29-22)4-5-33(14)20-10-25-18(9-27-20)30-21(34)15-2-3-19(26-6-15)32-12-17(24)13-32/h2-3,6-10,14,17H,4-5,11-13H2,1H3,(H,25,30,34)/t14-/m1/s1. The van der Waals surface area contributed by atoms with Crippen LogP contribution >= 0.6 is 0 Å². The normalized spacial score (nSPS) is 18.6. The van der Waals surface area contributed by atoms with E-state index in [1.807, 2.05) is 9.80 Å². The topological polar surface area (TPSA) is 103 Å². The summed E-state index contributed by atoms with van der Waals surface area (Å²) in [6, 6.07) is 3.45. The molecule has 0 aliphatic carbocycles. The van der Waals surface area contributed by atoms with E-state index in [2.05, 4.69) is 42.1 Å². The minimum absolute atomic E-state index is 0.0980. The summed E-state index contributed by atoms with van der Waals surface area (Å²) in [7, 11) is 0. The van der Waals surface area contributed by atoms with Crippen LogP contribution in [-0.2, 0) is 0 Å². The summed E-state index contributed by atoms with van der Waals surface area (Å²) in [6.45, 7) is 4.68. The second-order valence-corrected chi connectivity index (χ2v) is 8.31. The average molecular weight is 467 g/mol. The van der Waals surface area contributed by atoms with Gasteiger partial charge in [0, 0.05) is 31.9 Å². The van der Waals surface area contributed by atoms with Crippen LogP contribution in [0.15, 0.2) is 43.1 Å². The first-order valence-electron chi connectivity index (χ1n) is 10.9. The van der Waals surface area contributed by atoms with E-state index >= 15 is 0 Å². The van der Waals surface area contributed by atoms with Gasteiger partial charge >= 0.3 is 0 Å². The van der Waals surface area contributed by atoms with Crippen molar-refractivity contribution in [1.29, 1.82) is 0 Å². The number of hydrogen-bond donors (Lipinski definition) is 1. The number of anilines is 4. The lowest BCUT2D eigenvalue weighted by Gasteiger charge is -2.40. The molecule has 2 aliphatic heterocycles. The Morgan fingerprint density at radius 1 is 0.912 bits per heavy atom. The van der Waals surface area contributed by atoms with Gasteiger partial charge in [-0.3, -0.25) is 4.79 Å². The fourth-order valence-corrected chi connectivity index (χ4v) is 3.99. The van der Waals surface area contributed by atoms with Crippen LogP contribution in [0.5, 0.6) is 0 Å². The molecule has 5 rings (SSSR count). The van der Waals surface area contributed by atoms with E-state index in [0.717, 1.165) is 12.4 Å². The fraction of sp³-hybridized carbons (Fsp3) is 0.364. The highest BCUT2D eigenvalue weighted by molar-refractivity contribution is 6.03. The lowest BCUT2D eigenvalue weighted by atomic mass is 10.2. The minimum atomic E-state index is -0.818. The zero-order valence-electron chi connectivity index (χ0n) is 18.5. The van der Waals surface area contributed by atoms with Gasteiger partial charge < -0.3 is 20.0 Å². The molecule has 2 aliphatic rings. The highest BCUT2D eigenvalue weighted by atomic mass is 19.1. The molecule has 176 valence electrons. The van der Waals surface area contributed by atoms with Crippen LogP contribution in [0.4, 0.5) is 32.2 Å². The van der Waals surface area contributed by atoms with Gasteiger partial charge in [0.25, 0.3) is 5.91 Å². The van der Waals surface area contributed by atoms with Crippen LogP contribution < -0.4 is 20.0 Å². The number of nitrogens with one attached hydrogen (secondary N) is 1. The van der Waals surface area contributed by atoms with Gasteiger partial charge in [0.15, 0.2) is 11.6 Å². The molecule has 0 spiro atoms. The quantitative estimate of drug-likeness (QED) is 0.603. The van der Waals surface area contributed by atoms with Crippen molar-refractivity contribution < 1.29 is 13.6 Å². The van der Waals surface area contributed by atoms with E-state index in [0.29, 0.717) is 61.7 Å². The van der Waals surface area contributed by atoms with E-state index in [9.17, 15) is 13.6 Å². The van der Waals surface area contributed by atoms with Gasteiger partial charge in [-0.2, -0.15) is 0 Å². The molecule has 34 heavy (non-hydrogen) atoms. The molecule has 3 aromatic heterocycles. The maximum Gasteiger partial charge on any atom is 0.258 e. The highest BCUT2D eigenvalue weighted by Crippen LogP contribution is 2.22. The minimum Gasteiger partial charge on any atom is -0.351 e. The Labute approximate surface area is 194 Å². The number of pyridine rings is 1. The molecule has 1 N–H and O–H groups in total. The Morgan fingerprint density at radius 2 is 1.68 bits per heavy atom. The monoisotopic (exact) mass is 467 g/mol. The molecular formula is C22H23F2N9O. The Morgan fingerprint density at radius 3 is 2.29 bits per heavy atom. The second kappa shape index (κ2) is 9.12. The SMILES string of the molecule is C[C@@H]1CN(c2ncc(F)cn2)CCN1c1cnc(NC(=O)c2ccc(N3CC(F)C3)nc2)cn1. The largest absolute Gasteiger partial charge is 0.351 e. The number of amides is 1. The van der Waals surface area contributed by atoms with Crippen molar-refractivity contribution in [3.63, 3.8) is 0 Å². The number of piperazine rings is 1. The van der Waals surface area contributed by atoms with E-state index in [1.165, 1.54) is 12.4 Å². The molecule has 0 unspecified atom stereocenters. The Hall–Kier alpha value is -3.96. The summed E-state index contributed by atoms with van der Waals surface area (Å²) < 4.78 is 26.1. The number of rotatable bonds is 5. The molecule has 3 aromatic rings. The van der Waals surface area contributed by atoms with E-state index in [4.69, 9.17) is 0 Å². The zero-order chi connectivity index (χ0) is 23.7. The fourth-order valence-electron chi connectivity index (χ4n) is 3.99. The summed E-state index contributed by atoms with van der Waals surface area (Å²) in [5.41, 5.74) is 0.375. The average Bonchev–Trinajstić information content (AvgIpc) is 2.83. The first-order chi connectivity index (χ1) is 16.5. The molecule has 2 saturated heterocycles. The Bertz CT molecular complexity index is 1140. The highest BCUT2D eigenvalue weighted by Gasteiger charge is 2.28. The molecule has 0 aromatic carbocycles. The van der Waals surface area contributed by atoms with Crippen molar-refractivity contribution in [3.05, 3.63) is 54.5 Å². The molecular weight excluding hydrogens is 444 g/mol. The van der Waals surface area contributed by atoms with E-state index in [1.54, 1.807) is 18.3 Å². The number of hydrogen-bond acceptors (Lipinski definition) is 9. The Balaban J connectivity index is 1.17. The van der Waals surface area contributed by atoms with Crippen LogP contribution in [-0.4, -0.2) is 75.8 Å². The van der Waals surface area contributed by atoms with Gasteiger partial charge in [-0.25, -0.2) is 33.7 Å². The Kier molecular flexibility index (Phi) is 5.86. The van der Waals surface area contributed by atoms with Gasteiger partial charge in [0.05, 0.1) is 43.4 Å². The predicted molar refractivity (Wildman–Crippen MR) is 122 cm³/mol. The lowest BCUT2D eigenvalue weighted by Crippen LogP contribution is -2.53. The van der Waals surface area contributed by atoms with Crippen molar-refractivity contribution in [3.8, 4) is 0 Å². The molecule has 1 atom stereocenters. The molecule has 0 saturated carbocycles. The first kappa shape index (κ1) is 21.9. The molecule has 10 nitrogen and oxygen atoms in total. The van der Waals surface area contributed by atoms with Crippen LogP contribution in [0.1, 0.15) is 17.3 Å². The van der Waals surface area contributed by atoms with Gasteiger partial charge in [0.1, 0.15) is 17.8 Å². The number of carbonyl (C=O) groups excluding carboxylic acids is 1. The third-order valence-corrected chi connectivity index (χ3v) is 5.86. The number of aromatic nitrogens is 5. The first-order valence-corrected chi connectivity index (χ1v) is 10.9. The van der Waals surface area contributed by atoms with Crippen LogP contribution in [0.3, 0.4) is 0 Å². The second-order valence-electron chi connectivity index (χ2n) is 8.31. The summed E-state index contributed by atoms with van der Waals surface area (Å²) in [5.74, 6) is 1.35. The van der Waals surface area contributed by atoms with E-state index in [-0.39, 0.29) is 11.9 Å². The molecule has 0 bridgehead atoms. The summed E-state index contributed by atoms with van der Waals surface area (Å²) >= 11 is 0. The number of carbonyl (C=O) groups is 1. The van der Waals surface area contributed by atoms with Crippen molar-refractivity contribution in [2.24, 2.45) is 0 Å². The van der Waals surface area contributed by atoms with E-state index < -0.39 is 12.0 Å². The molecule has 12 heteroatoms. The summed E-state index contributed by atoms with van der Waals surface area (Å²) in [5, 5.41) is 2.72. The summed E-state index contributed by atoms with van der Waals surface area (Å²) in [6.07, 6.45) is 6.10. The molecule has 1 amide bonds. The van der Waals surface area contributed by atoms with Gasteiger partial charge in [0.2, 0.25) is 5.95 Å². The zero-order valence-corrected chi connectivity index (χ0v) is 18.5. The van der Waals surface area contributed by atoms with Gasteiger partial charge in [-0.1, -0.05) is 0 Å². The maximum absolute atomic E-state index is 13.1. The smallest absolute Gasteiger partial charge is 0.258 e. The molecule has 2 fully saturated rings. The van der Waals surface area contributed by atoms with Gasteiger partial charge in [-0.15, -0.1) is 0 Å². The van der Waals surface area contributed by atoms with Gasteiger partial charge in [-0.05, 0) is 19.1 Å². The predicted octanol–water partition coefficient (Wildman–Crippen LogP) is 1.93. The van der Waals surface area contributed by atoms with Crippen LogP contribution in [0, 0.1) is 5.82 Å². The number of halogens is 2. The van der Waals surface area contributed by atoms with Crippen molar-refractivity contribution in [2.75, 3.05) is 52.7 Å². The maximum atomic E-state index is 13.1. The van der Waals surface area contributed by atoms with Crippen LogP contribution in [0.2, 0.25) is 0 Å². The van der Waals surface area contributed by atoms with Crippen molar-refractivity contribution in [2.45, 2.75) is 19.1 Å². The number of nitrogens with zero attached hydrogens (tertiary/aromatic N) is 8. The molecule has 0 radical (unpaired) electrons. The third-order valence-electron chi connectivity index (χ3n) is 5.86. The lowest BCUT2D eigenvalue weighted by molar-refractivity contribution is 0.102. The van der Waals surface area contributed by atoms with Crippen molar-refractivity contribution >= 4 is 29.3 Å². The third kappa shape index (κ3) is 4.56. The number of alkyl halides is 1.